The number of hydrogen-bond acceptors (Lipinski definition) is 3. The average molecular weight is 184 g/mol. The summed E-state index contributed by atoms with van der Waals surface area (Å²) in [5, 5.41) is 8.19. The molecule has 4 nitrogen and oxygen atoms in total. The minimum Gasteiger partial charge on any atom is -0.481 e. The van der Waals surface area contributed by atoms with Crippen LogP contribution in [-0.2, 0) is 14.3 Å². The van der Waals surface area contributed by atoms with Crippen LogP contribution in [0.2, 0.25) is 0 Å². The van der Waals surface area contributed by atoms with Gasteiger partial charge in [-0.15, -0.1) is 0 Å². The summed E-state index contributed by atoms with van der Waals surface area (Å²) in [5.41, 5.74) is 0. The van der Waals surface area contributed by atoms with E-state index in [0.717, 1.165) is 12.7 Å². The van der Waals surface area contributed by atoms with Crippen LogP contribution in [0.5, 0.6) is 0 Å². The van der Waals surface area contributed by atoms with Crippen molar-refractivity contribution >= 4 is 11.9 Å². The third-order valence-corrected chi connectivity index (χ3v) is 1.06. The fraction of sp³-hybridized carbons (Fsp3) is 0.333. The van der Waals surface area contributed by atoms with Gasteiger partial charge in [0.25, 0.3) is 0 Å². The third kappa shape index (κ3) is 8.33. The van der Waals surface area contributed by atoms with Crippen molar-refractivity contribution in [2.75, 3.05) is 0 Å². The van der Waals surface area contributed by atoms with Crippen molar-refractivity contribution in [3.8, 4) is 0 Å². The molecular formula is C9H12O4. The van der Waals surface area contributed by atoms with Crippen molar-refractivity contribution < 1.29 is 19.4 Å². The van der Waals surface area contributed by atoms with Crippen molar-refractivity contribution in [3.63, 3.8) is 0 Å². The fourth-order valence-corrected chi connectivity index (χ4v) is 0.540. The number of allylic oxidation sites excluding steroid dienone is 3. The molecule has 0 aromatic carbocycles. The van der Waals surface area contributed by atoms with Gasteiger partial charge in [-0.05, 0) is 12.5 Å². The Kier molecular flexibility index (Phi) is 6.23. The Morgan fingerprint density at radius 2 is 2.08 bits per heavy atom. The molecule has 0 aliphatic heterocycles. The molecule has 72 valence electrons. The molecule has 13 heavy (non-hydrogen) atoms. The zero-order valence-electron chi connectivity index (χ0n) is 7.40. The molecule has 0 bridgehead atoms. The lowest BCUT2D eigenvalue weighted by atomic mass is 10.4. The number of carbonyl (C=O) groups excluding carboxylic acids is 1. The van der Waals surface area contributed by atoms with Crippen molar-refractivity contribution in [2.45, 2.75) is 19.8 Å². The van der Waals surface area contributed by atoms with Crippen molar-refractivity contribution in [2.24, 2.45) is 0 Å². The van der Waals surface area contributed by atoms with E-state index in [1.54, 1.807) is 6.08 Å². The Morgan fingerprint density at radius 3 is 2.62 bits per heavy atom. The van der Waals surface area contributed by atoms with Gasteiger partial charge < -0.3 is 9.84 Å². The van der Waals surface area contributed by atoms with Gasteiger partial charge in [-0.25, -0.2) is 0 Å². The number of carbonyl (C=O) groups is 2. The highest BCUT2D eigenvalue weighted by Crippen LogP contribution is 1.88. The molecule has 0 saturated carbocycles. The van der Waals surface area contributed by atoms with E-state index in [-0.39, 0.29) is 0 Å². The first-order valence-electron chi connectivity index (χ1n) is 3.89. The number of esters is 1. The molecule has 0 aromatic rings. The maximum atomic E-state index is 10.6. The summed E-state index contributed by atoms with van der Waals surface area (Å²) in [7, 11) is 0. The number of ether oxygens (including phenoxy) is 1. The highest BCUT2D eigenvalue weighted by molar-refractivity contribution is 5.90. The number of aliphatic carboxylic acids is 1. The van der Waals surface area contributed by atoms with E-state index in [9.17, 15) is 9.59 Å². The predicted octanol–water partition coefficient (Wildman–Crippen LogP) is 1.48. The lowest BCUT2D eigenvalue weighted by molar-refractivity contribution is -0.147. The van der Waals surface area contributed by atoms with E-state index in [2.05, 4.69) is 4.74 Å². The summed E-state index contributed by atoms with van der Waals surface area (Å²) in [6.45, 7) is 1.97. The van der Waals surface area contributed by atoms with Gasteiger partial charge in [-0.1, -0.05) is 19.1 Å². The smallest absolute Gasteiger partial charge is 0.321 e. The average Bonchev–Trinajstić information content (AvgIpc) is 2.02. The first kappa shape index (κ1) is 11.4. The van der Waals surface area contributed by atoms with Crippen LogP contribution in [0.25, 0.3) is 0 Å². The largest absolute Gasteiger partial charge is 0.481 e. The maximum Gasteiger partial charge on any atom is 0.321 e. The quantitative estimate of drug-likeness (QED) is 0.304. The fourth-order valence-electron chi connectivity index (χ4n) is 0.540. The standard InChI is InChI=1S/C9H12O4/c1-2-3-4-5-6-13-9(12)7-8(10)11/h3-6H,2,7H2,1H3,(H,10,11). The van der Waals surface area contributed by atoms with Gasteiger partial charge in [-0.3, -0.25) is 9.59 Å². The van der Waals surface area contributed by atoms with E-state index in [4.69, 9.17) is 5.11 Å². The van der Waals surface area contributed by atoms with Crippen LogP contribution in [0.15, 0.2) is 24.5 Å². The minimum absolute atomic E-state index is 0.609. The summed E-state index contributed by atoms with van der Waals surface area (Å²) in [6, 6.07) is 0. The highest BCUT2D eigenvalue weighted by Gasteiger charge is 2.06. The highest BCUT2D eigenvalue weighted by atomic mass is 16.5. The second-order valence-corrected chi connectivity index (χ2v) is 2.23. The maximum absolute atomic E-state index is 10.6. The molecule has 0 unspecified atom stereocenters. The molecule has 0 amide bonds. The van der Waals surface area contributed by atoms with Crippen LogP contribution in [0.3, 0.4) is 0 Å². The van der Waals surface area contributed by atoms with Gasteiger partial charge in [0.05, 0.1) is 6.26 Å². The molecule has 0 fully saturated rings. The number of carboxylic acids is 1. The van der Waals surface area contributed by atoms with Crippen molar-refractivity contribution in [1.29, 1.82) is 0 Å². The van der Waals surface area contributed by atoms with Gasteiger partial charge in [0.1, 0.15) is 6.42 Å². The van der Waals surface area contributed by atoms with Crippen LogP contribution in [0.1, 0.15) is 19.8 Å². The first-order chi connectivity index (χ1) is 6.16. The van der Waals surface area contributed by atoms with Gasteiger partial charge >= 0.3 is 11.9 Å². The minimum atomic E-state index is -1.19. The van der Waals surface area contributed by atoms with Gasteiger partial charge in [0, 0.05) is 0 Å². The molecule has 1 N–H and O–H groups in total. The molecule has 4 heteroatoms. The second kappa shape index (κ2) is 7.09. The molecule has 0 radical (unpaired) electrons. The summed E-state index contributed by atoms with van der Waals surface area (Å²) >= 11 is 0. The molecule has 0 heterocycles. The Hall–Kier alpha value is -1.58. The Bertz CT molecular complexity index is 228. The molecule has 0 aliphatic rings. The monoisotopic (exact) mass is 184 g/mol. The molecule has 0 rings (SSSR count). The van der Waals surface area contributed by atoms with Crippen molar-refractivity contribution in [1.82, 2.24) is 0 Å². The summed E-state index contributed by atoms with van der Waals surface area (Å²) < 4.78 is 4.45. The van der Waals surface area contributed by atoms with E-state index in [1.807, 2.05) is 13.0 Å². The predicted molar refractivity (Wildman–Crippen MR) is 46.9 cm³/mol. The van der Waals surface area contributed by atoms with Gasteiger partial charge in [0.15, 0.2) is 0 Å². The lowest BCUT2D eigenvalue weighted by Crippen LogP contribution is -2.07. The SMILES string of the molecule is CCC=CC=COC(=O)CC(=O)O. The zero-order valence-corrected chi connectivity index (χ0v) is 7.40. The van der Waals surface area contributed by atoms with Crippen molar-refractivity contribution in [3.05, 3.63) is 24.5 Å². The third-order valence-electron chi connectivity index (χ3n) is 1.06. The molecule has 0 aliphatic carbocycles. The number of hydrogen-bond donors (Lipinski definition) is 1. The first-order valence-corrected chi connectivity index (χ1v) is 3.89. The van der Waals surface area contributed by atoms with Gasteiger partial charge in [0.2, 0.25) is 0 Å². The van der Waals surface area contributed by atoms with Gasteiger partial charge in [-0.2, -0.15) is 0 Å². The summed E-state index contributed by atoms with van der Waals surface area (Å²) in [5.74, 6) is -1.96. The van der Waals surface area contributed by atoms with Crippen LogP contribution < -0.4 is 0 Å². The molecule has 0 saturated heterocycles. The number of rotatable bonds is 5. The lowest BCUT2D eigenvalue weighted by Gasteiger charge is -1.92. The van der Waals surface area contributed by atoms with E-state index < -0.39 is 18.4 Å². The van der Waals surface area contributed by atoms with Crippen LogP contribution in [-0.4, -0.2) is 17.0 Å². The number of carboxylic acid groups (broad SMARTS) is 1. The molecule has 0 atom stereocenters. The second-order valence-electron chi connectivity index (χ2n) is 2.23. The Morgan fingerprint density at radius 1 is 1.38 bits per heavy atom. The zero-order chi connectivity index (χ0) is 10.1. The van der Waals surface area contributed by atoms with E-state index >= 15 is 0 Å². The van der Waals surface area contributed by atoms with E-state index in [0.29, 0.717) is 0 Å². The Balaban J connectivity index is 3.63. The summed E-state index contributed by atoms with van der Waals surface area (Å²) in [4.78, 5) is 20.6. The normalized spacial score (nSPS) is 10.8. The van der Waals surface area contributed by atoms with Crippen LogP contribution in [0, 0.1) is 0 Å². The summed E-state index contributed by atoms with van der Waals surface area (Å²) in [6.07, 6.45) is 6.57. The van der Waals surface area contributed by atoms with E-state index in [1.165, 1.54) is 6.08 Å². The Labute approximate surface area is 76.5 Å². The van der Waals surface area contributed by atoms with Crippen LogP contribution in [0.4, 0.5) is 0 Å². The molecule has 0 spiro atoms. The topological polar surface area (TPSA) is 63.6 Å². The molecule has 0 aromatic heterocycles. The van der Waals surface area contributed by atoms with Crippen LogP contribution >= 0.6 is 0 Å². The molecular weight excluding hydrogens is 172 g/mol.